The van der Waals surface area contributed by atoms with Gasteiger partial charge in [-0.3, -0.25) is 19.5 Å². The number of nitrogens with two attached hydrogens (primary N) is 1. The number of anilines is 3. The van der Waals surface area contributed by atoms with Crippen LogP contribution in [0, 0.1) is 0 Å². The normalized spacial score (nSPS) is 19.3. The molecule has 1 saturated heterocycles. The average Bonchev–Trinajstić information content (AvgIpc) is 3.27. The van der Waals surface area contributed by atoms with E-state index in [0.29, 0.717) is 55.0 Å². The molecule has 3 heterocycles. The van der Waals surface area contributed by atoms with Crippen LogP contribution >= 0.6 is 23.2 Å². The van der Waals surface area contributed by atoms with Crippen LogP contribution in [0.4, 0.5) is 22.2 Å². The fraction of sp³-hybridized carbons (Fsp3) is 0.417. The molecular formula is C24H30Cl2N8O4. The van der Waals surface area contributed by atoms with Crippen molar-refractivity contribution in [2.75, 3.05) is 62.6 Å². The zero-order valence-electron chi connectivity index (χ0n) is 21.3. The van der Waals surface area contributed by atoms with E-state index >= 15 is 0 Å². The van der Waals surface area contributed by atoms with Crippen molar-refractivity contribution in [3.63, 3.8) is 0 Å². The van der Waals surface area contributed by atoms with E-state index in [9.17, 15) is 9.59 Å². The highest BCUT2D eigenvalue weighted by Gasteiger charge is 2.36. The predicted octanol–water partition coefficient (Wildman–Crippen LogP) is 2.10. The predicted molar refractivity (Wildman–Crippen MR) is 147 cm³/mol. The summed E-state index contributed by atoms with van der Waals surface area (Å²) in [5.41, 5.74) is 6.67. The van der Waals surface area contributed by atoms with Crippen molar-refractivity contribution >= 4 is 52.6 Å². The molecule has 0 aliphatic carbocycles. The molecule has 0 spiro atoms. The number of hydrogen-bond donors (Lipinski definition) is 3. The molecule has 2 aliphatic heterocycles. The van der Waals surface area contributed by atoms with Gasteiger partial charge in [-0.05, 0) is 6.08 Å². The first kappa shape index (κ1) is 27.7. The van der Waals surface area contributed by atoms with Crippen molar-refractivity contribution in [3.8, 4) is 11.5 Å². The number of carbonyl (C=O) groups is 2. The number of hydrogen-bond acceptors (Lipinski definition) is 9. The molecule has 38 heavy (non-hydrogen) atoms. The topological polar surface area (TPSA) is 138 Å². The Hall–Kier alpha value is -3.32. The lowest BCUT2D eigenvalue weighted by Gasteiger charge is -2.35. The van der Waals surface area contributed by atoms with Crippen LogP contribution in [-0.2, 0) is 11.3 Å². The molecule has 2 aromatic rings. The quantitative estimate of drug-likeness (QED) is 0.391. The van der Waals surface area contributed by atoms with Gasteiger partial charge in [-0.15, -0.1) is 0 Å². The van der Waals surface area contributed by atoms with Crippen molar-refractivity contribution in [2.24, 2.45) is 5.73 Å². The number of carbonyl (C=O) groups excluding carboxylic acids is 2. The van der Waals surface area contributed by atoms with Gasteiger partial charge in [-0.25, -0.2) is 9.78 Å². The molecular weight excluding hydrogens is 535 g/mol. The first-order valence-electron chi connectivity index (χ1n) is 11.8. The van der Waals surface area contributed by atoms with Crippen LogP contribution in [0.25, 0.3) is 0 Å². The van der Waals surface area contributed by atoms with E-state index in [1.807, 2.05) is 0 Å². The number of ether oxygens (including phenoxy) is 2. The highest BCUT2D eigenvalue weighted by atomic mass is 35.5. The summed E-state index contributed by atoms with van der Waals surface area (Å²) in [6, 6.07) is 0.789. The number of fused-ring (bicyclic) bond motifs is 1. The van der Waals surface area contributed by atoms with Crippen LogP contribution in [0.15, 0.2) is 24.9 Å². The summed E-state index contributed by atoms with van der Waals surface area (Å²) in [6.07, 6.45) is 2.88. The third kappa shape index (κ3) is 5.30. The lowest BCUT2D eigenvalue weighted by atomic mass is 10.1. The maximum atomic E-state index is 13.5. The van der Waals surface area contributed by atoms with Crippen LogP contribution < -0.4 is 35.6 Å². The smallest absolute Gasteiger partial charge is 0.330 e. The van der Waals surface area contributed by atoms with Crippen LogP contribution in [0.3, 0.4) is 0 Å². The first-order valence-corrected chi connectivity index (χ1v) is 12.6. The van der Waals surface area contributed by atoms with Gasteiger partial charge in [-0.1, -0.05) is 29.8 Å². The number of nitrogens with one attached hydrogen (secondary N) is 2. The number of amides is 3. The highest BCUT2D eigenvalue weighted by Crippen LogP contribution is 2.47. The van der Waals surface area contributed by atoms with Crippen LogP contribution in [0.1, 0.15) is 5.56 Å². The van der Waals surface area contributed by atoms with Gasteiger partial charge in [-0.2, -0.15) is 4.98 Å². The number of halogens is 2. The maximum Gasteiger partial charge on any atom is 0.330 e. The van der Waals surface area contributed by atoms with Crippen molar-refractivity contribution < 1.29 is 19.1 Å². The largest absolute Gasteiger partial charge is 0.495 e. The minimum Gasteiger partial charge on any atom is -0.495 e. The fourth-order valence-electron chi connectivity index (χ4n) is 4.61. The summed E-state index contributed by atoms with van der Waals surface area (Å²) in [5.74, 6) is 1.14. The van der Waals surface area contributed by atoms with Crippen molar-refractivity contribution in [1.29, 1.82) is 0 Å². The Kier molecular flexibility index (Phi) is 8.46. The summed E-state index contributed by atoms with van der Waals surface area (Å²) in [4.78, 5) is 39.5. The zero-order chi connectivity index (χ0) is 27.6. The summed E-state index contributed by atoms with van der Waals surface area (Å²) in [6.45, 7) is 6.10. The van der Waals surface area contributed by atoms with Crippen molar-refractivity contribution in [1.82, 2.24) is 20.2 Å². The van der Waals surface area contributed by atoms with Gasteiger partial charge in [0.15, 0.2) is 0 Å². The second-order valence-corrected chi connectivity index (χ2v) is 9.60. The molecule has 4 N–H and O–H groups in total. The van der Waals surface area contributed by atoms with Crippen molar-refractivity contribution in [3.05, 3.63) is 40.5 Å². The summed E-state index contributed by atoms with van der Waals surface area (Å²) < 4.78 is 10.7. The molecule has 2 atom stereocenters. The van der Waals surface area contributed by atoms with Crippen molar-refractivity contribution in [2.45, 2.75) is 18.6 Å². The maximum absolute atomic E-state index is 13.5. The van der Waals surface area contributed by atoms with Gasteiger partial charge in [0.2, 0.25) is 11.9 Å². The molecule has 1 aromatic carbocycles. The lowest BCUT2D eigenvalue weighted by Crippen LogP contribution is -2.47. The van der Waals surface area contributed by atoms with Gasteiger partial charge < -0.3 is 25.8 Å². The molecule has 1 aromatic heterocycles. The first-order chi connectivity index (χ1) is 18.2. The second kappa shape index (κ2) is 11.6. The lowest BCUT2D eigenvalue weighted by molar-refractivity contribution is -0.117. The minimum absolute atomic E-state index is 0.125. The minimum atomic E-state index is -0.396. The number of urea groups is 1. The van der Waals surface area contributed by atoms with E-state index in [2.05, 4.69) is 32.1 Å². The molecule has 1 fully saturated rings. The number of nitrogens with zero attached hydrogens (tertiary/aromatic N) is 5. The van der Waals surface area contributed by atoms with Crippen LogP contribution in [0.5, 0.6) is 11.5 Å². The monoisotopic (exact) mass is 564 g/mol. The number of rotatable bonds is 9. The summed E-state index contributed by atoms with van der Waals surface area (Å²) in [7, 11) is 4.54. The van der Waals surface area contributed by atoms with Gasteiger partial charge in [0, 0.05) is 51.1 Å². The fourth-order valence-corrected chi connectivity index (χ4v) is 5.32. The average molecular weight is 565 g/mol. The number of aromatic nitrogens is 2. The zero-order valence-corrected chi connectivity index (χ0v) is 22.8. The summed E-state index contributed by atoms with van der Waals surface area (Å²) >= 11 is 13.1. The van der Waals surface area contributed by atoms with Gasteiger partial charge in [0.25, 0.3) is 0 Å². The second-order valence-electron chi connectivity index (χ2n) is 8.85. The van der Waals surface area contributed by atoms with Gasteiger partial charge in [0.1, 0.15) is 27.4 Å². The molecule has 0 radical (unpaired) electrons. The summed E-state index contributed by atoms with van der Waals surface area (Å²) in [5, 5.41) is 6.61. The van der Waals surface area contributed by atoms with E-state index in [4.69, 9.17) is 38.4 Å². The number of methoxy groups -OCH3 is 2. The molecule has 2 unspecified atom stereocenters. The molecule has 3 amide bonds. The Balaban J connectivity index is 1.61. The van der Waals surface area contributed by atoms with E-state index in [0.717, 1.165) is 0 Å². The molecule has 14 heteroatoms. The highest BCUT2D eigenvalue weighted by molar-refractivity contribution is 6.42. The molecule has 2 aliphatic rings. The SMILES string of the molecule is C=CC(=O)NC1CN(CCN)CC1Nc1ncc2c(n1)N(C)C(=O)N(c1c(Cl)c(OC)cc(OC)c1Cl)C2. The number of likely N-dealkylation sites (tertiary alicyclic amines) is 1. The van der Waals surface area contributed by atoms with Crippen LogP contribution in [0.2, 0.25) is 10.0 Å². The third-order valence-corrected chi connectivity index (χ3v) is 7.22. The van der Waals surface area contributed by atoms with E-state index < -0.39 is 6.03 Å². The van der Waals surface area contributed by atoms with Gasteiger partial charge >= 0.3 is 6.03 Å². The molecule has 0 bridgehead atoms. The Morgan fingerprint density at radius 3 is 2.50 bits per heavy atom. The Bertz CT molecular complexity index is 1220. The van der Waals surface area contributed by atoms with E-state index in [-0.39, 0.29) is 40.3 Å². The molecule has 4 rings (SSSR count). The standard InChI is InChI=1S/C24H30Cl2N8O4/c1-5-18(35)29-14-11-33(7-6-27)12-15(14)30-23-28-9-13-10-34(24(36)32(2)22(13)31-23)21-19(25)16(37-3)8-17(38-4)20(21)26/h5,8-9,14-15H,1,6-7,10-12,27H2,2-4H3,(H,29,35)(H,28,30,31). The Morgan fingerprint density at radius 2 is 1.89 bits per heavy atom. The Labute approximate surface area is 230 Å². The molecule has 204 valence electrons. The molecule has 0 saturated carbocycles. The van der Waals surface area contributed by atoms with E-state index in [1.54, 1.807) is 19.3 Å². The number of benzene rings is 1. The Morgan fingerprint density at radius 1 is 1.24 bits per heavy atom. The van der Waals surface area contributed by atoms with Crippen LogP contribution in [-0.4, -0.2) is 86.3 Å². The third-order valence-electron chi connectivity index (χ3n) is 6.49. The molecule has 12 nitrogen and oxygen atoms in total. The van der Waals surface area contributed by atoms with E-state index in [1.165, 1.54) is 30.1 Å². The van der Waals surface area contributed by atoms with Gasteiger partial charge in [0.05, 0.1) is 38.5 Å².